The van der Waals surface area contributed by atoms with Gasteiger partial charge in [0.25, 0.3) is 0 Å². The number of piperidine rings is 1. The second-order valence-corrected chi connectivity index (χ2v) is 6.14. The highest BCUT2D eigenvalue weighted by molar-refractivity contribution is 5.95. The van der Waals surface area contributed by atoms with Crippen LogP contribution in [0.15, 0.2) is 12.1 Å². The van der Waals surface area contributed by atoms with Gasteiger partial charge in [-0.1, -0.05) is 12.8 Å². The molecule has 1 aliphatic carbocycles. The van der Waals surface area contributed by atoms with Gasteiger partial charge in [0.15, 0.2) is 0 Å². The largest absolute Gasteiger partial charge is 0.478 e. The van der Waals surface area contributed by atoms with Crippen molar-refractivity contribution in [3.63, 3.8) is 0 Å². The van der Waals surface area contributed by atoms with Crippen molar-refractivity contribution < 1.29 is 14.3 Å². The Morgan fingerprint density at radius 1 is 1.24 bits per heavy atom. The summed E-state index contributed by atoms with van der Waals surface area (Å²) in [6.45, 7) is 0.793. The number of carboxylic acid groups (broad SMARTS) is 1. The molecule has 3 N–H and O–H groups in total. The number of nitrogens with two attached hydrogens (primary N) is 1. The van der Waals surface area contributed by atoms with E-state index in [0.717, 1.165) is 25.5 Å². The minimum Gasteiger partial charge on any atom is -0.478 e. The van der Waals surface area contributed by atoms with Gasteiger partial charge in [-0.2, -0.15) is 0 Å². The molecule has 1 saturated carbocycles. The summed E-state index contributed by atoms with van der Waals surface area (Å²) in [6.07, 6.45) is 6.91. The molecule has 0 amide bonds. The molecule has 2 fully saturated rings. The Bertz CT molecular complexity index is 559. The van der Waals surface area contributed by atoms with Gasteiger partial charge in [-0.25, -0.2) is 9.18 Å². The van der Waals surface area contributed by atoms with Crippen molar-refractivity contribution in [1.29, 1.82) is 0 Å². The molecule has 1 aromatic carbocycles. The van der Waals surface area contributed by atoms with Gasteiger partial charge in [0.05, 0.1) is 11.3 Å². The topological polar surface area (TPSA) is 66.6 Å². The van der Waals surface area contributed by atoms with Crippen molar-refractivity contribution in [2.75, 3.05) is 17.2 Å². The van der Waals surface area contributed by atoms with Crippen molar-refractivity contribution in [2.24, 2.45) is 5.92 Å². The predicted molar refractivity (Wildman–Crippen MR) is 80.1 cm³/mol. The third kappa shape index (κ3) is 2.57. The van der Waals surface area contributed by atoms with Gasteiger partial charge < -0.3 is 15.7 Å². The second kappa shape index (κ2) is 5.54. The van der Waals surface area contributed by atoms with Crippen LogP contribution >= 0.6 is 0 Å². The number of aromatic carboxylic acids is 1. The lowest BCUT2D eigenvalue weighted by atomic mass is 9.78. The van der Waals surface area contributed by atoms with Gasteiger partial charge in [0, 0.05) is 18.3 Å². The molecule has 0 unspecified atom stereocenters. The van der Waals surface area contributed by atoms with Crippen molar-refractivity contribution in [1.82, 2.24) is 0 Å². The number of hydrogen-bond acceptors (Lipinski definition) is 3. The third-order valence-corrected chi connectivity index (χ3v) is 4.90. The standard InChI is InChI=1S/C16H21FN2O2/c17-12-9-13(18)11(16(20)21)8-15(12)19-7-3-5-10-4-1-2-6-14(10)19/h8-10,14H,1-7,18H2,(H,20,21)/t10-,14-/m1/s1. The summed E-state index contributed by atoms with van der Waals surface area (Å²) in [6, 6.07) is 2.89. The number of fused-ring (bicyclic) bond motifs is 1. The molecule has 0 aromatic heterocycles. The highest BCUT2D eigenvalue weighted by Crippen LogP contribution is 2.39. The fourth-order valence-corrected chi connectivity index (χ4v) is 3.91. The van der Waals surface area contributed by atoms with E-state index in [1.807, 2.05) is 0 Å². The molecular formula is C16H21FN2O2. The number of halogens is 1. The lowest BCUT2D eigenvalue weighted by Crippen LogP contribution is -2.47. The van der Waals surface area contributed by atoms with Gasteiger partial charge in [0.2, 0.25) is 0 Å². The molecule has 1 aromatic rings. The van der Waals surface area contributed by atoms with Crippen LogP contribution in [-0.2, 0) is 0 Å². The monoisotopic (exact) mass is 292 g/mol. The first-order valence-corrected chi connectivity index (χ1v) is 7.67. The van der Waals surface area contributed by atoms with Crippen LogP contribution in [0.1, 0.15) is 48.9 Å². The van der Waals surface area contributed by atoms with Gasteiger partial charge in [-0.3, -0.25) is 0 Å². The first kappa shape index (κ1) is 14.2. The molecular weight excluding hydrogens is 271 g/mol. The number of rotatable bonds is 2. The van der Waals surface area contributed by atoms with E-state index in [1.54, 1.807) is 0 Å². The first-order chi connectivity index (χ1) is 10.1. The van der Waals surface area contributed by atoms with E-state index in [9.17, 15) is 14.3 Å². The fourth-order valence-electron chi connectivity index (χ4n) is 3.91. The Balaban J connectivity index is 1.98. The minimum atomic E-state index is -1.11. The summed E-state index contributed by atoms with van der Waals surface area (Å²) in [5.74, 6) is -0.910. The number of hydrogen-bond donors (Lipinski definition) is 2. The van der Waals surface area contributed by atoms with Crippen LogP contribution in [0.4, 0.5) is 15.8 Å². The van der Waals surface area contributed by atoms with Crippen LogP contribution in [0.3, 0.4) is 0 Å². The molecule has 0 bridgehead atoms. The zero-order valence-corrected chi connectivity index (χ0v) is 12.0. The maximum atomic E-state index is 14.3. The van der Waals surface area contributed by atoms with Crippen LogP contribution < -0.4 is 10.6 Å². The van der Waals surface area contributed by atoms with Crippen LogP contribution in [0.2, 0.25) is 0 Å². The Morgan fingerprint density at radius 3 is 2.71 bits per heavy atom. The molecule has 1 saturated heterocycles. The zero-order valence-electron chi connectivity index (χ0n) is 12.0. The van der Waals surface area contributed by atoms with Crippen LogP contribution in [0, 0.1) is 11.7 Å². The van der Waals surface area contributed by atoms with Gasteiger partial charge in [-0.15, -0.1) is 0 Å². The number of nitrogens with zero attached hydrogens (tertiary/aromatic N) is 1. The number of benzene rings is 1. The SMILES string of the molecule is Nc1cc(F)c(N2CCC[C@H]3CCCC[C@H]32)cc1C(=O)O. The van der Waals surface area contributed by atoms with Gasteiger partial charge in [-0.05, 0) is 43.7 Å². The molecule has 0 radical (unpaired) electrons. The number of anilines is 2. The molecule has 5 heteroatoms. The smallest absolute Gasteiger partial charge is 0.337 e. The van der Waals surface area contributed by atoms with Crippen molar-refractivity contribution >= 4 is 17.3 Å². The van der Waals surface area contributed by atoms with Crippen LogP contribution in [0.25, 0.3) is 0 Å². The van der Waals surface area contributed by atoms with E-state index in [0.29, 0.717) is 17.6 Å². The Morgan fingerprint density at radius 2 is 1.95 bits per heavy atom. The van der Waals surface area contributed by atoms with Crippen molar-refractivity contribution in [3.05, 3.63) is 23.5 Å². The molecule has 2 aliphatic rings. The molecule has 2 atom stereocenters. The van der Waals surface area contributed by atoms with Crippen molar-refractivity contribution in [3.8, 4) is 0 Å². The van der Waals surface area contributed by atoms with E-state index < -0.39 is 11.8 Å². The highest BCUT2D eigenvalue weighted by atomic mass is 19.1. The van der Waals surface area contributed by atoms with E-state index >= 15 is 0 Å². The molecule has 4 nitrogen and oxygen atoms in total. The molecule has 3 rings (SSSR count). The summed E-state index contributed by atoms with van der Waals surface area (Å²) < 4.78 is 14.3. The minimum absolute atomic E-state index is 0.00988. The van der Waals surface area contributed by atoms with E-state index in [1.165, 1.54) is 31.7 Å². The average Bonchev–Trinajstić information content (AvgIpc) is 2.46. The summed E-state index contributed by atoms with van der Waals surface area (Å²) in [5.41, 5.74) is 5.99. The molecule has 1 heterocycles. The number of carbonyl (C=O) groups is 1. The first-order valence-electron chi connectivity index (χ1n) is 7.67. The fraction of sp³-hybridized carbons (Fsp3) is 0.562. The van der Waals surface area contributed by atoms with Gasteiger partial charge in [0.1, 0.15) is 5.82 Å². The number of nitrogen functional groups attached to an aromatic ring is 1. The maximum Gasteiger partial charge on any atom is 0.337 e. The lowest BCUT2D eigenvalue weighted by Gasteiger charge is -2.45. The molecule has 21 heavy (non-hydrogen) atoms. The zero-order chi connectivity index (χ0) is 15.0. The van der Waals surface area contributed by atoms with E-state index in [4.69, 9.17) is 5.73 Å². The lowest BCUT2D eigenvalue weighted by molar-refractivity contribution is 0.0698. The summed E-state index contributed by atoms with van der Waals surface area (Å²) in [7, 11) is 0. The normalized spacial score (nSPS) is 25.5. The van der Waals surface area contributed by atoms with Gasteiger partial charge >= 0.3 is 5.97 Å². The Labute approximate surface area is 123 Å². The summed E-state index contributed by atoms with van der Waals surface area (Å²) in [4.78, 5) is 13.3. The second-order valence-electron chi connectivity index (χ2n) is 6.14. The van der Waals surface area contributed by atoms with E-state index in [-0.39, 0.29) is 11.3 Å². The maximum absolute atomic E-state index is 14.3. The average molecular weight is 292 g/mol. The number of carboxylic acids is 1. The summed E-state index contributed by atoms with van der Waals surface area (Å²) >= 11 is 0. The Kier molecular flexibility index (Phi) is 3.74. The predicted octanol–water partition coefficient (Wildman–Crippen LogP) is 3.27. The van der Waals surface area contributed by atoms with E-state index in [2.05, 4.69) is 4.90 Å². The highest BCUT2D eigenvalue weighted by Gasteiger charge is 2.34. The van der Waals surface area contributed by atoms with Crippen LogP contribution in [0.5, 0.6) is 0 Å². The molecule has 114 valence electrons. The molecule has 1 aliphatic heterocycles. The van der Waals surface area contributed by atoms with Crippen molar-refractivity contribution in [2.45, 2.75) is 44.6 Å². The van der Waals surface area contributed by atoms with Crippen LogP contribution in [-0.4, -0.2) is 23.7 Å². The Hall–Kier alpha value is -1.78. The molecule has 0 spiro atoms. The third-order valence-electron chi connectivity index (χ3n) is 4.90. The quantitative estimate of drug-likeness (QED) is 0.821. The summed E-state index contributed by atoms with van der Waals surface area (Å²) in [5, 5.41) is 9.19.